The molecule has 9 heteroatoms. The van der Waals surface area contributed by atoms with Crippen LogP contribution < -0.4 is 5.32 Å². The number of sulfonamides is 1. The largest absolute Gasteiger partial charge is 0.383 e. The lowest BCUT2D eigenvalue weighted by molar-refractivity contribution is 0.149. The van der Waals surface area contributed by atoms with Crippen LogP contribution in [0.4, 0.5) is 11.6 Å². The molecule has 1 aliphatic heterocycles. The Bertz CT molecular complexity index is 1050. The van der Waals surface area contributed by atoms with E-state index in [1.165, 1.54) is 0 Å². The van der Waals surface area contributed by atoms with Gasteiger partial charge in [0.05, 0.1) is 11.5 Å². The summed E-state index contributed by atoms with van der Waals surface area (Å²) in [4.78, 5) is 4.69. The van der Waals surface area contributed by atoms with Gasteiger partial charge in [-0.15, -0.1) is 5.10 Å². The Labute approximate surface area is 170 Å². The Balaban J connectivity index is 1.48. The van der Waals surface area contributed by atoms with Crippen molar-refractivity contribution >= 4 is 21.7 Å². The van der Waals surface area contributed by atoms with E-state index < -0.39 is 10.0 Å². The molecule has 0 unspecified atom stereocenters. The Hall–Kier alpha value is -2.75. The van der Waals surface area contributed by atoms with Crippen LogP contribution in [0.5, 0.6) is 0 Å². The summed E-state index contributed by atoms with van der Waals surface area (Å²) in [6.45, 7) is 0.934. The SMILES string of the molecule is COC[C@@H]1CCCN1S(=O)(=O)c1ccc(Nc2n[nH]c(-c3ccccc3)n2)cc1. The Morgan fingerprint density at radius 2 is 1.93 bits per heavy atom. The predicted octanol–water partition coefficient (Wildman–Crippen LogP) is 3.01. The van der Waals surface area contributed by atoms with Gasteiger partial charge in [-0.25, -0.2) is 8.42 Å². The van der Waals surface area contributed by atoms with Crippen molar-refractivity contribution in [3.8, 4) is 11.4 Å². The molecule has 29 heavy (non-hydrogen) atoms. The fourth-order valence-corrected chi connectivity index (χ4v) is 5.18. The number of aromatic nitrogens is 3. The molecule has 4 rings (SSSR count). The normalized spacial score (nSPS) is 17.5. The molecule has 0 saturated carbocycles. The Morgan fingerprint density at radius 1 is 1.17 bits per heavy atom. The molecule has 0 spiro atoms. The van der Waals surface area contributed by atoms with Gasteiger partial charge in [0.15, 0.2) is 5.82 Å². The lowest BCUT2D eigenvalue weighted by Crippen LogP contribution is -2.38. The summed E-state index contributed by atoms with van der Waals surface area (Å²) in [6.07, 6.45) is 1.67. The first-order chi connectivity index (χ1) is 14.1. The molecule has 1 fully saturated rings. The molecule has 0 bridgehead atoms. The number of ether oxygens (including phenoxy) is 1. The van der Waals surface area contributed by atoms with E-state index in [0.717, 1.165) is 18.4 Å². The zero-order chi connectivity index (χ0) is 20.3. The molecular weight excluding hydrogens is 390 g/mol. The second-order valence-corrected chi connectivity index (χ2v) is 8.78. The van der Waals surface area contributed by atoms with Crippen molar-refractivity contribution in [2.24, 2.45) is 0 Å². The van der Waals surface area contributed by atoms with Crippen molar-refractivity contribution in [3.05, 3.63) is 54.6 Å². The zero-order valence-corrected chi connectivity index (χ0v) is 16.9. The van der Waals surface area contributed by atoms with Crippen molar-refractivity contribution < 1.29 is 13.2 Å². The summed E-state index contributed by atoms with van der Waals surface area (Å²) < 4.78 is 32.7. The minimum atomic E-state index is -3.54. The van der Waals surface area contributed by atoms with Gasteiger partial charge < -0.3 is 10.1 Å². The van der Waals surface area contributed by atoms with Crippen LogP contribution in [0.2, 0.25) is 0 Å². The van der Waals surface area contributed by atoms with Crippen molar-refractivity contribution in [1.29, 1.82) is 0 Å². The van der Waals surface area contributed by atoms with E-state index in [1.54, 1.807) is 35.7 Å². The maximum absolute atomic E-state index is 13.0. The maximum atomic E-state index is 13.0. The molecule has 1 aromatic heterocycles. The average molecular weight is 414 g/mol. The highest BCUT2D eigenvalue weighted by Gasteiger charge is 2.35. The molecule has 8 nitrogen and oxygen atoms in total. The number of methoxy groups -OCH3 is 1. The van der Waals surface area contributed by atoms with Crippen molar-refractivity contribution in [2.75, 3.05) is 25.6 Å². The van der Waals surface area contributed by atoms with E-state index >= 15 is 0 Å². The number of nitrogens with zero attached hydrogens (tertiary/aromatic N) is 3. The molecule has 152 valence electrons. The number of nitrogens with one attached hydrogen (secondary N) is 2. The van der Waals surface area contributed by atoms with Crippen LogP contribution >= 0.6 is 0 Å². The van der Waals surface area contributed by atoms with Crippen LogP contribution in [0, 0.1) is 0 Å². The third-order valence-corrected chi connectivity index (χ3v) is 6.90. The second kappa shape index (κ2) is 8.32. The molecule has 1 saturated heterocycles. The summed E-state index contributed by atoms with van der Waals surface area (Å²) in [5.74, 6) is 1.07. The summed E-state index contributed by atoms with van der Waals surface area (Å²) >= 11 is 0. The molecule has 1 aliphatic rings. The van der Waals surface area contributed by atoms with E-state index in [-0.39, 0.29) is 10.9 Å². The molecule has 2 N–H and O–H groups in total. The minimum Gasteiger partial charge on any atom is -0.383 e. The highest BCUT2D eigenvalue weighted by atomic mass is 32.2. The zero-order valence-electron chi connectivity index (χ0n) is 16.1. The van der Waals surface area contributed by atoms with Crippen molar-refractivity contribution in [2.45, 2.75) is 23.8 Å². The predicted molar refractivity (Wildman–Crippen MR) is 110 cm³/mol. The topological polar surface area (TPSA) is 100 Å². The number of anilines is 2. The minimum absolute atomic E-state index is 0.104. The fraction of sp³-hybridized carbons (Fsp3) is 0.300. The van der Waals surface area contributed by atoms with E-state index in [4.69, 9.17) is 4.74 Å². The smallest absolute Gasteiger partial charge is 0.246 e. The summed E-state index contributed by atoms with van der Waals surface area (Å²) in [5.41, 5.74) is 1.64. The second-order valence-electron chi connectivity index (χ2n) is 6.89. The highest BCUT2D eigenvalue weighted by molar-refractivity contribution is 7.89. The van der Waals surface area contributed by atoms with Crippen LogP contribution in [-0.2, 0) is 14.8 Å². The summed E-state index contributed by atoms with van der Waals surface area (Å²) in [5, 5.41) is 10.1. The maximum Gasteiger partial charge on any atom is 0.246 e. The lowest BCUT2D eigenvalue weighted by Gasteiger charge is -2.23. The molecular formula is C20H23N5O3S. The van der Waals surface area contributed by atoms with Gasteiger partial charge in [0.25, 0.3) is 0 Å². The number of H-pyrrole nitrogens is 1. The molecule has 1 atom stereocenters. The molecule has 2 heterocycles. The standard InChI is InChI=1S/C20H23N5O3S/c1-28-14-17-8-5-13-25(17)29(26,27)18-11-9-16(10-12-18)21-20-22-19(23-24-20)15-6-3-2-4-7-15/h2-4,6-7,9-12,17H,5,8,13-14H2,1H3,(H2,21,22,23,24)/t17-/m0/s1. The monoisotopic (exact) mass is 413 g/mol. The molecule has 0 radical (unpaired) electrons. The van der Waals surface area contributed by atoms with Gasteiger partial charge in [-0.05, 0) is 37.1 Å². The number of hydrogen-bond acceptors (Lipinski definition) is 6. The van der Waals surface area contributed by atoms with Gasteiger partial charge in [0.2, 0.25) is 16.0 Å². The Kier molecular flexibility index (Phi) is 5.61. The quantitative estimate of drug-likeness (QED) is 0.618. The van der Waals surface area contributed by atoms with Gasteiger partial charge >= 0.3 is 0 Å². The summed E-state index contributed by atoms with van der Waals surface area (Å²) in [7, 11) is -1.95. The van der Waals surface area contributed by atoms with Gasteiger partial charge in [-0.2, -0.15) is 9.29 Å². The molecule has 0 aliphatic carbocycles. The fourth-order valence-electron chi connectivity index (χ4n) is 3.50. The lowest BCUT2D eigenvalue weighted by atomic mass is 10.2. The first-order valence-electron chi connectivity index (χ1n) is 9.43. The number of aromatic amines is 1. The number of rotatable bonds is 7. The molecule has 2 aromatic carbocycles. The van der Waals surface area contributed by atoms with E-state index in [9.17, 15) is 8.42 Å². The van der Waals surface area contributed by atoms with Gasteiger partial charge in [-0.1, -0.05) is 30.3 Å². The third-order valence-electron chi connectivity index (χ3n) is 4.93. The highest BCUT2D eigenvalue weighted by Crippen LogP contribution is 2.27. The van der Waals surface area contributed by atoms with E-state index in [2.05, 4.69) is 20.5 Å². The van der Waals surface area contributed by atoms with Gasteiger partial charge in [0, 0.05) is 30.9 Å². The summed E-state index contributed by atoms with van der Waals surface area (Å²) in [6, 6.07) is 16.2. The first kappa shape index (κ1) is 19.6. The van der Waals surface area contributed by atoms with Crippen molar-refractivity contribution in [3.63, 3.8) is 0 Å². The van der Waals surface area contributed by atoms with Gasteiger partial charge in [0.1, 0.15) is 0 Å². The van der Waals surface area contributed by atoms with Crippen molar-refractivity contribution in [1.82, 2.24) is 19.5 Å². The van der Waals surface area contributed by atoms with Crippen LogP contribution in [0.15, 0.2) is 59.5 Å². The third kappa shape index (κ3) is 4.16. The Morgan fingerprint density at radius 3 is 2.66 bits per heavy atom. The van der Waals surface area contributed by atoms with Crippen LogP contribution in [0.25, 0.3) is 11.4 Å². The average Bonchev–Trinajstić information content (AvgIpc) is 3.39. The van der Waals surface area contributed by atoms with Crippen LogP contribution in [-0.4, -0.2) is 54.2 Å². The van der Waals surface area contributed by atoms with Gasteiger partial charge in [-0.3, -0.25) is 5.10 Å². The first-order valence-corrected chi connectivity index (χ1v) is 10.9. The molecule has 3 aromatic rings. The van der Waals surface area contributed by atoms with Crippen LogP contribution in [0.1, 0.15) is 12.8 Å². The van der Waals surface area contributed by atoms with Crippen LogP contribution in [0.3, 0.4) is 0 Å². The molecule has 0 amide bonds. The number of benzene rings is 2. The van der Waals surface area contributed by atoms with E-state index in [0.29, 0.717) is 30.6 Å². The number of hydrogen-bond donors (Lipinski definition) is 2. The van der Waals surface area contributed by atoms with E-state index in [1.807, 2.05) is 30.3 Å².